The lowest BCUT2D eigenvalue weighted by Crippen LogP contribution is -2.41. The number of carbonyl (C=O) groups excluding carboxylic acids is 1. The molecule has 0 aliphatic carbocycles. The number of anilines is 2. The first-order valence-corrected chi connectivity index (χ1v) is 11.0. The third-order valence-electron chi connectivity index (χ3n) is 6.08. The summed E-state index contributed by atoms with van der Waals surface area (Å²) in [7, 11) is 3.88. The average Bonchev–Trinajstić information content (AvgIpc) is 3.30. The molecule has 4 aromatic heterocycles. The van der Waals surface area contributed by atoms with Crippen LogP contribution in [-0.4, -0.2) is 56.8 Å². The highest BCUT2D eigenvalue weighted by molar-refractivity contribution is 6.04. The van der Waals surface area contributed by atoms with E-state index in [2.05, 4.69) is 35.6 Å². The number of hydrogen-bond acceptors (Lipinski definition) is 7. The van der Waals surface area contributed by atoms with Gasteiger partial charge in [-0.15, -0.1) is 0 Å². The Hall–Kier alpha value is -3.85. The molecule has 0 atom stereocenters. The van der Waals surface area contributed by atoms with Crippen LogP contribution in [-0.2, 0) is 7.05 Å². The van der Waals surface area contributed by atoms with Gasteiger partial charge in [-0.05, 0) is 44.2 Å². The highest BCUT2D eigenvalue weighted by atomic mass is 16.1. The zero-order chi connectivity index (χ0) is 22.8. The summed E-state index contributed by atoms with van der Waals surface area (Å²) >= 11 is 0. The molecule has 0 aromatic carbocycles. The van der Waals surface area contributed by atoms with Crippen LogP contribution in [0.25, 0.3) is 22.0 Å². The van der Waals surface area contributed by atoms with Crippen LogP contribution in [0.1, 0.15) is 23.2 Å². The molecule has 1 aliphatic rings. The average molecular weight is 443 g/mol. The summed E-state index contributed by atoms with van der Waals surface area (Å²) in [6.45, 7) is 1.84. The minimum absolute atomic E-state index is 0.216. The third kappa shape index (κ3) is 4.54. The van der Waals surface area contributed by atoms with E-state index in [1.807, 2.05) is 38.5 Å². The van der Waals surface area contributed by atoms with Crippen molar-refractivity contribution in [1.29, 1.82) is 0 Å². The Morgan fingerprint density at radius 3 is 2.64 bits per heavy atom. The predicted molar refractivity (Wildman–Crippen MR) is 128 cm³/mol. The van der Waals surface area contributed by atoms with Crippen molar-refractivity contribution in [2.75, 3.05) is 30.4 Å². The molecule has 1 fully saturated rings. The van der Waals surface area contributed by atoms with Crippen molar-refractivity contribution in [3.63, 3.8) is 0 Å². The predicted octanol–water partition coefficient (Wildman–Crippen LogP) is 2.87. The maximum absolute atomic E-state index is 12.9. The van der Waals surface area contributed by atoms with Crippen LogP contribution >= 0.6 is 0 Å². The quantitative estimate of drug-likeness (QED) is 0.490. The number of nitrogens with one attached hydrogen (secondary N) is 2. The Bertz CT molecular complexity index is 1290. The topological polar surface area (TPSA) is 101 Å². The first kappa shape index (κ1) is 21.0. The largest absolute Gasteiger partial charge is 0.356 e. The molecule has 0 bridgehead atoms. The molecule has 0 spiro atoms. The molecular formula is C24H26N8O. The molecule has 5 rings (SSSR count). The highest BCUT2D eigenvalue weighted by Gasteiger charge is 2.19. The van der Waals surface area contributed by atoms with Crippen molar-refractivity contribution >= 4 is 28.4 Å². The number of amides is 1. The Morgan fingerprint density at radius 2 is 1.88 bits per heavy atom. The molecule has 0 unspecified atom stereocenters. The van der Waals surface area contributed by atoms with E-state index in [4.69, 9.17) is 0 Å². The van der Waals surface area contributed by atoms with Gasteiger partial charge in [0.15, 0.2) is 0 Å². The van der Waals surface area contributed by atoms with Gasteiger partial charge >= 0.3 is 0 Å². The number of rotatable bonds is 5. The standard InChI is InChI=1S/C24H26N8O/c1-25-20-4-7-32(8-5-20)23-11-16(3-6-26-23)24(33)30-22-10-17-9-18(12-27-21(17)14-28-22)19-13-29-31(2)15-19/h3,6,9-15,20,25H,4-5,7-8H2,1-2H3,(H,28,30,33). The molecule has 4 aromatic rings. The molecule has 5 heterocycles. The zero-order valence-corrected chi connectivity index (χ0v) is 18.7. The molecule has 9 heteroatoms. The SMILES string of the molecule is CNC1CCN(c2cc(C(=O)Nc3cc4cc(-c5cnn(C)c5)cnc4cn3)ccn2)CC1. The van der Waals surface area contributed by atoms with E-state index >= 15 is 0 Å². The summed E-state index contributed by atoms with van der Waals surface area (Å²) in [6, 6.07) is 7.97. The van der Waals surface area contributed by atoms with Crippen molar-refractivity contribution in [1.82, 2.24) is 30.0 Å². The molecule has 2 N–H and O–H groups in total. The summed E-state index contributed by atoms with van der Waals surface area (Å²) in [4.78, 5) is 28.5. The summed E-state index contributed by atoms with van der Waals surface area (Å²) < 4.78 is 1.75. The van der Waals surface area contributed by atoms with E-state index in [-0.39, 0.29) is 5.91 Å². The highest BCUT2D eigenvalue weighted by Crippen LogP contribution is 2.24. The molecule has 0 saturated carbocycles. The van der Waals surface area contributed by atoms with E-state index in [9.17, 15) is 4.79 Å². The Labute approximate surface area is 191 Å². The van der Waals surface area contributed by atoms with Gasteiger partial charge in [0.1, 0.15) is 11.6 Å². The number of aromatic nitrogens is 5. The van der Waals surface area contributed by atoms with Gasteiger partial charge in [0, 0.05) is 66.8 Å². The number of hydrogen-bond donors (Lipinski definition) is 2. The lowest BCUT2D eigenvalue weighted by atomic mass is 10.1. The molecular weight excluding hydrogens is 416 g/mol. The lowest BCUT2D eigenvalue weighted by Gasteiger charge is -2.32. The van der Waals surface area contributed by atoms with Gasteiger partial charge in [-0.2, -0.15) is 5.10 Å². The summed E-state index contributed by atoms with van der Waals surface area (Å²) in [6.07, 6.45) is 11.0. The van der Waals surface area contributed by atoms with Crippen LogP contribution < -0.4 is 15.5 Å². The van der Waals surface area contributed by atoms with Crippen LogP contribution in [0.4, 0.5) is 11.6 Å². The molecule has 1 saturated heterocycles. The van der Waals surface area contributed by atoms with E-state index in [0.29, 0.717) is 17.4 Å². The van der Waals surface area contributed by atoms with E-state index < -0.39 is 0 Å². The first-order chi connectivity index (χ1) is 16.1. The van der Waals surface area contributed by atoms with Crippen molar-refractivity contribution in [2.24, 2.45) is 7.05 Å². The normalized spacial score (nSPS) is 14.5. The first-order valence-electron chi connectivity index (χ1n) is 11.0. The van der Waals surface area contributed by atoms with Gasteiger partial charge in [-0.3, -0.25) is 14.5 Å². The van der Waals surface area contributed by atoms with E-state index in [1.165, 1.54) is 0 Å². The van der Waals surface area contributed by atoms with Gasteiger partial charge in [-0.25, -0.2) is 9.97 Å². The Morgan fingerprint density at radius 1 is 1.03 bits per heavy atom. The van der Waals surface area contributed by atoms with Gasteiger partial charge in [0.2, 0.25) is 0 Å². The smallest absolute Gasteiger partial charge is 0.257 e. The maximum Gasteiger partial charge on any atom is 0.257 e. The number of fused-ring (bicyclic) bond motifs is 1. The van der Waals surface area contributed by atoms with Crippen LogP contribution in [0.15, 0.2) is 55.2 Å². The minimum atomic E-state index is -0.216. The Kier molecular flexibility index (Phi) is 5.70. The second-order valence-corrected chi connectivity index (χ2v) is 8.30. The molecule has 0 radical (unpaired) electrons. The van der Waals surface area contributed by atoms with Gasteiger partial charge in [-0.1, -0.05) is 0 Å². The second kappa shape index (κ2) is 8.95. The van der Waals surface area contributed by atoms with Crippen LogP contribution in [0.2, 0.25) is 0 Å². The molecule has 1 aliphatic heterocycles. The Balaban J connectivity index is 1.33. The number of pyridine rings is 3. The fourth-order valence-corrected chi connectivity index (χ4v) is 4.15. The summed E-state index contributed by atoms with van der Waals surface area (Å²) in [5.74, 6) is 1.09. The molecule has 168 valence electrons. The summed E-state index contributed by atoms with van der Waals surface area (Å²) in [5, 5.41) is 11.4. The van der Waals surface area contributed by atoms with Crippen LogP contribution in [0.3, 0.4) is 0 Å². The number of carbonyl (C=O) groups is 1. The van der Waals surface area contributed by atoms with Crippen molar-refractivity contribution < 1.29 is 4.79 Å². The van der Waals surface area contributed by atoms with Crippen molar-refractivity contribution in [3.8, 4) is 11.1 Å². The monoisotopic (exact) mass is 442 g/mol. The van der Waals surface area contributed by atoms with Gasteiger partial charge in [0.05, 0.1) is 17.9 Å². The number of aryl methyl sites for hydroxylation is 1. The van der Waals surface area contributed by atoms with Crippen LogP contribution in [0, 0.1) is 0 Å². The maximum atomic E-state index is 12.9. The number of nitrogens with zero attached hydrogens (tertiary/aromatic N) is 6. The van der Waals surface area contributed by atoms with Crippen molar-refractivity contribution in [3.05, 3.63) is 60.8 Å². The molecule has 33 heavy (non-hydrogen) atoms. The van der Waals surface area contributed by atoms with Crippen LogP contribution in [0.5, 0.6) is 0 Å². The fourth-order valence-electron chi connectivity index (χ4n) is 4.15. The number of piperidine rings is 1. The minimum Gasteiger partial charge on any atom is -0.356 e. The lowest BCUT2D eigenvalue weighted by molar-refractivity contribution is 0.102. The zero-order valence-electron chi connectivity index (χ0n) is 18.7. The fraction of sp³-hybridized carbons (Fsp3) is 0.292. The van der Waals surface area contributed by atoms with E-state index in [0.717, 1.165) is 53.8 Å². The third-order valence-corrected chi connectivity index (χ3v) is 6.08. The van der Waals surface area contributed by atoms with Gasteiger partial charge in [0.25, 0.3) is 5.91 Å². The van der Waals surface area contributed by atoms with E-state index in [1.54, 1.807) is 35.5 Å². The van der Waals surface area contributed by atoms with Gasteiger partial charge < -0.3 is 15.5 Å². The van der Waals surface area contributed by atoms with Crippen molar-refractivity contribution in [2.45, 2.75) is 18.9 Å². The molecule has 9 nitrogen and oxygen atoms in total. The second-order valence-electron chi connectivity index (χ2n) is 8.30. The summed E-state index contributed by atoms with van der Waals surface area (Å²) in [5.41, 5.74) is 3.26. The molecule has 1 amide bonds.